The summed E-state index contributed by atoms with van der Waals surface area (Å²) in [5, 5.41) is 3.29. The van der Waals surface area contributed by atoms with E-state index in [-0.39, 0.29) is 5.82 Å². The second kappa shape index (κ2) is 6.42. The van der Waals surface area contributed by atoms with Crippen LogP contribution in [0, 0.1) is 19.7 Å². The Labute approximate surface area is 120 Å². The highest BCUT2D eigenvalue weighted by molar-refractivity contribution is 5.50. The molecule has 2 nitrogen and oxygen atoms in total. The second-order valence-corrected chi connectivity index (χ2v) is 5.20. The number of nitrogens with one attached hydrogen (secondary N) is 1. The van der Waals surface area contributed by atoms with E-state index >= 15 is 0 Å². The van der Waals surface area contributed by atoms with Crippen LogP contribution < -0.4 is 10.2 Å². The van der Waals surface area contributed by atoms with Crippen LogP contribution in [0.3, 0.4) is 0 Å². The Hall–Kier alpha value is -2.03. The zero-order valence-corrected chi connectivity index (χ0v) is 12.3. The van der Waals surface area contributed by atoms with Crippen LogP contribution in [-0.4, -0.2) is 20.1 Å². The highest BCUT2D eigenvalue weighted by Crippen LogP contribution is 2.17. The van der Waals surface area contributed by atoms with E-state index in [1.54, 1.807) is 12.1 Å². The maximum atomic E-state index is 12.8. The molecular weight excluding hydrogens is 251 g/mol. The molecular formula is C17H21FN2. The van der Waals surface area contributed by atoms with Crippen LogP contribution in [-0.2, 0) is 0 Å². The van der Waals surface area contributed by atoms with Crippen molar-refractivity contribution < 1.29 is 4.39 Å². The Morgan fingerprint density at radius 3 is 2.20 bits per heavy atom. The number of nitrogens with zero attached hydrogens (tertiary/aromatic N) is 1. The molecule has 0 aromatic heterocycles. The zero-order valence-electron chi connectivity index (χ0n) is 12.3. The van der Waals surface area contributed by atoms with Crippen molar-refractivity contribution in [2.45, 2.75) is 13.8 Å². The lowest BCUT2D eigenvalue weighted by Crippen LogP contribution is -2.24. The number of hydrogen-bond acceptors (Lipinski definition) is 2. The summed E-state index contributed by atoms with van der Waals surface area (Å²) in [4.78, 5) is 2.22. The summed E-state index contributed by atoms with van der Waals surface area (Å²) >= 11 is 0. The molecule has 0 atom stereocenters. The molecule has 2 aromatic carbocycles. The molecule has 2 aromatic rings. The van der Waals surface area contributed by atoms with Gasteiger partial charge in [0.05, 0.1) is 0 Å². The van der Waals surface area contributed by atoms with Crippen LogP contribution in [0.25, 0.3) is 0 Å². The van der Waals surface area contributed by atoms with Crippen molar-refractivity contribution >= 4 is 11.4 Å². The first-order chi connectivity index (χ1) is 9.54. The minimum atomic E-state index is -0.206. The Morgan fingerprint density at radius 2 is 1.60 bits per heavy atom. The lowest BCUT2D eigenvalue weighted by molar-refractivity contribution is 0.628. The molecule has 2 rings (SSSR count). The fraction of sp³-hybridized carbons (Fsp3) is 0.294. The maximum Gasteiger partial charge on any atom is 0.123 e. The molecule has 0 spiro atoms. The van der Waals surface area contributed by atoms with Gasteiger partial charge in [-0.1, -0.05) is 6.07 Å². The van der Waals surface area contributed by atoms with Gasteiger partial charge in [-0.2, -0.15) is 0 Å². The molecule has 3 heteroatoms. The van der Waals surface area contributed by atoms with E-state index in [4.69, 9.17) is 0 Å². The fourth-order valence-corrected chi connectivity index (χ4v) is 2.24. The van der Waals surface area contributed by atoms with Gasteiger partial charge in [0.25, 0.3) is 0 Å². The van der Waals surface area contributed by atoms with Crippen LogP contribution in [0.2, 0.25) is 0 Å². The van der Waals surface area contributed by atoms with Gasteiger partial charge in [-0.25, -0.2) is 4.39 Å². The summed E-state index contributed by atoms with van der Waals surface area (Å²) < 4.78 is 12.8. The summed E-state index contributed by atoms with van der Waals surface area (Å²) in [6.07, 6.45) is 0. The zero-order chi connectivity index (χ0) is 14.5. The molecule has 0 amide bonds. The Bertz CT molecular complexity index is 543. The van der Waals surface area contributed by atoms with E-state index in [9.17, 15) is 4.39 Å². The second-order valence-electron chi connectivity index (χ2n) is 5.20. The SMILES string of the molecule is Cc1cc(C)cc(N(C)CCNc2ccc(F)cc2)c1. The Balaban J connectivity index is 1.88. The summed E-state index contributed by atoms with van der Waals surface area (Å²) in [5.41, 5.74) is 4.72. The number of benzene rings is 2. The summed E-state index contributed by atoms with van der Waals surface area (Å²) in [5.74, 6) is -0.206. The molecule has 0 heterocycles. The summed E-state index contributed by atoms with van der Waals surface area (Å²) in [7, 11) is 2.08. The van der Waals surface area contributed by atoms with Gasteiger partial charge in [0.2, 0.25) is 0 Å². The van der Waals surface area contributed by atoms with Gasteiger partial charge >= 0.3 is 0 Å². The summed E-state index contributed by atoms with van der Waals surface area (Å²) in [6, 6.07) is 13.0. The van der Waals surface area contributed by atoms with Crippen molar-refractivity contribution in [2.75, 3.05) is 30.4 Å². The number of anilines is 2. The molecule has 106 valence electrons. The van der Waals surface area contributed by atoms with Gasteiger partial charge in [-0.05, 0) is 61.4 Å². The predicted octanol–water partition coefficient (Wildman–Crippen LogP) is 3.99. The number of halogens is 1. The predicted molar refractivity (Wildman–Crippen MR) is 84.1 cm³/mol. The first kappa shape index (κ1) is 14.4. The molecule has 0 unspecified atom stereocenters. The van der Waals surface area contributed by atoms with Gasteiger partial charge in [0.15, 0.2) is 0 Å². The minimum Gasteiger partial charge on any atom is -0.383 e. The molecule has 0 radical (unpaired) electrons. The third kappa shape index (κ3) is 3.98. The summed E-state index contributed by atoms with van der Waals surface area (Å²) in [6.45, 7) is 5.93. The van der Waals surface area contributed by atoms with Gasteiger partial charge in [0, 0.05) is 31.5 Å². The third-order valence-corrected chi connectivity index (χ3v) is 3.27. The standard InChI is InChI=1S/C17H21FN2/c1-13-10-14(2)12-17(11-13)20(3)9-8-19-16-6-4-15(18)5-7-16/h4-7,10-12,19H,8-9H2,1-3H3. The molecule has 0 fully saturated rings. The van der Waals surface area contributed by atoms with E-state index < -0.39 is 0 Å². The van der Waals surface area contributed by atoms with Crippen molar-refractivity contribution in [3.63, 3.8) is 0 Å². The number of aryl methyl sites for hydroxylation is 2. The first-order valence-corrected chi connectivity index (χ1v) is 6.83. The average molecular weight is 272 g/mol. The monoisotopic (exact) mass is 272 g/mol. The van der Waals surface area contributed by atoms with Crippen molar-refractivity contribution in [3.05, 3.63) is 59.4 Å². The van der Waals surface area contributed by atoms with Gasteiger partial charge in [-0.3, -0.25) is 0 Å². The quantitative estimate of drug-likeness (QED) is 0.885. The van der Waals surface area contributed by atoms with E-state index in [1.165, 1.54) is 28.9 Å². The molecule has 0 aliphatic carbocycles. The van der Waals surface area contributed by atoms with Gasteiger partial charge in [-0.15, -0.1) is 0 Å². The number of hydrogen-bond donors (Lipinski definition) is 1. The van der Waals surface area contributed by atoms with E-state index in [1.807, 2.05) is 0 Å². The van der Waals surface area contributed by atoms with Crippen LogP contribution in [0.4, 0.5) is 15.8 Å². The lowest BCUT2D eigenvalue weighted by Gasteiger charge is -2.21. The Morgan fingerprint density at radius 1 is 1.00 bits per heavy atom. The van der Waals surface area contributed by atoms with Crippen LogP contribution in [0.15, 0.2) is 42.5 Å². The van der Waals surface area contributed by atoms with Gasteiger partial charge in [0.1, 0.15) is 5.82 Å². The Kier molecular flexibility index (Phi) is 4.61. The molecule has 20 heavy (non-hydrogen) atoms. The topological polar surface area (TPSA) is 15.3 Å². The van der Waals surface area contributed by atoms with Crippen molar-refractivity contribution in [3.8, 4) is 0 Å². The maximum absolute atomic E-state index is 12.8. The van der Waals surface area contributed by atoms with E-state index in [0.29, 0.717) is 0 Å². The molecule has 0 aliphatic rings. The van der Waals surface area contributed by atoms with Crippen LogP contribution in [0.5, 0.6) is 0 Å². The van der Waals surface area contributed by atoms with Gasteiger partial charge < -0.3 is 10.2 Å². The lowest BCUT2D eigenvalue weighted by atomic mass is 10.1. The van der Waals surface area contributed by atoms with E-state index in [2.05, 4.69) is 49.3 Å². The third-order valence-electron chi connectivity index (χ3n) is 3.27. The molecule has 0 saturated carbocycles. The minimum absolute atomic E-state index is 0.206. The van der Waals surface area contributed by atoms with Crippen molar-refractivity contribution in [1.29, 1.82) is 0 Å². The van der Waals surface area contributed by atoms with E-state index in [0.717, 1.165) is 18.8 Å². The van der Waals surface area contributed by atoms with Crippen molar-refractivity contribution in [1.82, 2.24) is 0 Å². The molecule has 1 N–H and O–H groups in total. The highest BCUT2D eigenvalue weighted by Gasteiger charge is 2.02. The average Bonchev–Trinajstić information content (AvgIpc) is 2.40. The largest absolute Gasteiger partial charge is 0.383 e. The fourth-order valence-electron chi connectivity index (χ4n) is 2.24. The molecule has 0 bridgehead atoms. The normalized spacial score (nSPS) is 10.4. The first-order valence-electron chi connectivity index (χ1n) is 6.83. The van der Waals surface area contributed by atoms with Crippen LogP contribution in [0.1, 0.15) is 11.1 Å². The number of likely N-dealkylation sites (N-methyl/N-ethyl adjacent to an activating group) is 1. The molecule has 0 aliphatic heterocycles. The highest BCUT2D eigenvalue weighted by atomic mass is 19.1. The van der Waals surface area contributed by atoms with Crippen molar-refractivity contribution in [2.24, 2.45) is 0 Å². The number of rotatable bonds is 5. The molecule has 0 saturated heterocycles. The van der Waals surface area contributed by atoms with Crippen LogP contribution >= 0.6 is 0 Å². The smallest absolute Gasteiger partial charge is 0.123 e.